The first-order valence-electron chi connectivity index (χ1n) is 8.95. The van der Waals surface area contributed by atoms with E-state index in [1.807, 2.05) is 6.92 Å². The third-order valence-electron chi connectivity index (χ3n) is 4.66. The number of nitrogens with zero attached hydrogens (tertiary/aromatic N) is 2. The van der Waals surface area contributed by atoms with Gasteiger partial charge < -0.3 is 9.73 Å². The Bertz CT molecular complexity index is 1290. The summed E-state index contributed by atoms with van der Waals surface area (Å²) in [7, 11) is 0. The number of carbonyl (C=O) groups is 1. The molecule has 0 saturated carbocycles. The summed E-state index contributed by atoms with van der Waals surface area (Å²) in [5.74, 6) is -0.879. The minimum Gasteiger partial charge on any atom is -0.451 e. The number of fused-ring (bicyclic) bond motifs is 2. The molecule has 0 aliphatic heterocycles. The summed E-state index contributed by atoms with van der Waals surface area (Å²) in [6.07, 6.45) is 0. The highest BCUT2D eigenvalue weighted by atomic mass is 19.3. The number of imidazole rings is 1. The van der Waals surface area contributed by atoms with Gasteiger partial charge in [-0.3, -0.25) is 14.2 Å². The van der Waals surface area contributed by atoms with E-state index in [2.05, 4.69) is 10.3 Å². The predicted octanol–water partition coefficient (Wildman–Crippen LogP) is 4.34. The van der Waals surface area contributed by atoms with E-state index >= 15 is 0 Å². The zero-order chi connectivity index (χ0) is 20.7. The lowest BCUT2D eigenvalue weighted by molar-refractivity contribution is 0.0686. The number of aromatic nitrogens is 2. The van der Waals surface area contributed by atoms with Gasteiger partial charge in [0.2, 0.25) is 0 Å². The van der Waals surface area contributed by atoms with Gasteiger partial charge in [0.25, 0.3) is 5.91 Å². The van der Waals surface area contributed by atoms with Crippen LogP contribution in [0.15, 0.2) is 57.7 Å². The summed E-state index contributed by atoms with van der Waals surface area (Å²) >= 11 is 0. The number of hydrogen-bond acceptors (Lipinski definition) is 4. The van der Waals surface area contributed by atoms with E-state index in [4.69, 9.17) is 4.42 Å². The Hall–Kier alpha value is -3.55. The molecule has 29 heavy (non-hydrogen) atoms. The first-order chi connectivity index (χ1) is 13.8. The number of nitrogens with one attached hydrogen (secondary N) is 1. The second-order valence-corrected chi connectivity index (χ2v) is 6.78. The van der Waals surface area contributed by atoms with Gasteiger partial charge in [0.1, 0.15) is 11.4 Å². The summed E-state index contributed by atoms with van der Waals surface area (Å²) in [5, 5.41) is 2.95. The Morgan fingerprint density at radius 2 is 1.93 bits per heavy atom. The van der Waals surface area contributed by atoms with Crippen LogP contribution in [0, 0.1) is 6.92 Å². The number of benzene rings is 2. The Labute approximate surface area is 163 Å². The molecule has 148 valence electrons. The highest BCUT2D eigenvalue weighted by Crippen LogP contribution is 2.26. The van der Waals surface area contributed by atoms with Gasteiger partial charge in [0.05, 0.1) is 22.5 Å². The minimum absolute atomic E-state index is 0.00770. The molecule has 0 radical (unpaired) electrons. The van der Waals surface area contributed by atoms with Crippen LogP contribution in [0.3, 0.4) is 0 Å². The van der Waals surface area contributed by atoms with Gasteiger partial charge in [-0.2, -0.15) is 8.78 Å². The number of hydrogen-bond donors (Lipinski definition) is 1. The SMILES string of the molecule is Cc1ccc2oc(C(=O)NC(C)c3nc4ccccc4n3C(F)F)cc(=O)c2c1. The molecule has 1 amide bonds. The van der Waals surface area contributed by atoms with Crippen LogP contribution in [0.1, 0.15) is 41.5 Å². The maximum atomic E-state index is 13.6. The van der Waals surface area contributed by atoms with Crippen LogP contribution < -0.4 is 10.7 Å². The lowest BCUT2D eigenvalue weighted by Crippen LogP contribution is -2.29. The van der Waals surface area contributed by atoms with E-state index in [1.54, 1.807) is 43.3 Å². The standard InChI is InChI=1S/C21H17F2N3O3/c1-11-7-8-17-13(9-11)16(27)10-18(29-17)20(28)24-12(2)19-25-14-5-3-4-6-15(14)26(19)21(22)23/h3-10,12,21H,1-2H3,(H,24,28). The molecule has 0 saturated heterocycles. The molecule has 0 aliphatic rings. The van der Waals surface area contributed by atoms with Crippen LogP contribution in [0.25, 0.3) is 22.0 Å². The van der Waals surface area contributed by atoms with E-state index in [0.29, 0.717) is 10.9 Å². The molecule has 0 spiro atoms. The molecule has 2 heterocycles. The Balaban J connectivity index is 1.68. The first-order valence-corrected chi connectivity index (χ1v) is 8.95. The monoisotopic (exact) mass is 397 g/mol. The van der Waals surface area contributed by atoms with Gasteiger partial charge in [-0.05, 0) is 38.1 Å². The maximum absolute atomic E-state index is 13.6. The fraction of sp³-hybridized carbons (Fsp3) is 0.190. The second kappa shape index (κ2) is 7.12. The number of carbonyl (C=O) groups excluding carboxylic acids is 1. The molecule has 1 atom stereocenters. The molecule has 1 unspecified atom stereocenters. The number of rotatable bonds is 4. The van der Waals surface area contributed by atoms with E-state index in [1.165, 1.54) is 6.07 Å². The molecule has 0 bridgehead atoms. The van der Waals surface area contributed by atoms with E-state index in [0.717, 1.165) is 16.2 Å². The normalized spacial score (nSPS) is 12.6. The highest BCUT2D eigenvalue weighted by molar-refractivity contribution is 5.93. The molecule has 1 N–H and O–H groups in total. The maximum Gasteiger partial charge on any atom is 0.320 e. The van der Waals surface area contributed by atoms with Crippen molar-refractivity contribution in [2.24, 2.45) is 0 Å². The molecular formula is C21H17F2N3O3. The summed E-state index contributed by atoms with van der Waals surface area (Å²) in [6, 6.07) is 11.8. The molecule has 4 aromatic rings. The van der Waals surface area contributed by atoms with E-state index in [-0.39, 0.29) is 28.1 Å². The topological polar surface area (TPSA) is 77.1 Å². The van der Waals surface area contributed by atoms with Crippen molar-refractivity contribution in [1.82, 2.24) is 14.9 Å². The Kier molecular flexibility index (Phi) is 4.62. The van der Waals surface area contributed by atoms with Gasteiger partial charge in [0.15, 0.2) is 11.2 Å². The molecule has 0 aliphatic carbocycles. The lowest BCUT2D eigenvalue weighted by Gasteiger charge is -2.15. The van der Waals surface area contributed by atoms with E-state index < -0.39 is 18.5 Å². The molecule has 4 rings (SSSR count). The van der Waals surface area contributed by atoms with Crippen LogP contribution in [0.5, 0.6) is 0 Å². The van der Waals surface area contributed by atoms with Crippen LogP contribution in [0.2, 0.25) is 0 Å². The van der Waals surface area contributed by atoms with Crippen LogP contribution >= 0.6 is 0 Å². The van der Waals surface area contributed by atoms with Crippen molar-refractivity contribution in [2.45, 2.75) is 26.4 Å². The Morgan fingerprint density at radius 1 is 1.17 bits per heavy atom. The first kappa shape index (κ1) is 18.8. The third-order valence-corrected chi connectivity index (χ3v) is 4.66. The van der Waals surface area contributed by atoms with Gasteiger partial charge >= 0.3 is 6.55 Å². The van der Waals surface area contributed by atoms with Crippen molar-refractivity contribution in [3.63, 3.8) is 0 Å². The molecule has 0 fully saturated rings. The predicted molar refractivity (Wildman–Crippen MR) is 104 cm³/mol. The van der Waals surface area contributed by atoms with Crippen molar-refractivity contribution < 1.29 is 18.0 Å². The second-order valence-electron chi connectivity index (χ2n) is 6.78. The molecule has 8 heteroatoms. The average Bonchev–Trinajstić information content (AvgIpc) is 3.08. The van der Waals surface area contributed by atoms with Crippen LogP contribution in [-0.2, 0) is 0 Å². The largest absolute Gasteiger partial charge is 0.451 e. The zero-order valence-corrected chi connectivity index (χ0v) is 15.6. The molecular weight excluding hydrogens is 380 g/mol. The number of amides is 1. The smallest absolute Gasteiger partial charge is 0.320 e. The fourth-order valence-electron chi connectivity index (χ4n) is 3.29. The summed E-state index contributed by atoms with van der Waals surface area (Å²) in [6.45, 7) is 0.565. The fourth-order valence-corrected chi connectivity index (χ4v) is 3.29. The lowest BCUT2D eigenvalue weighted by atomic mass is 10.1. The van der Waals surface area contributed by atoms with Crippen molar-refractivity contribution in [1.29, 1.82) is 0 Å². The number of halogens is 2. The average molecular weight is 397 g/mol. The molecule has 2 aromatic carbocycles. The quantitative estimate of drug-likeness (QED) is 0.556. The summed E-state index contributed by atoms with van der Waals surface area (Å²) in [4.78, 5) is 29.2. The number of aryl methyl sites for hydroxylation is 1. The molecule has 6 nitrogen and oxygen atoms in total. The summed E-state index contributed by atoms with van der Waals surface area (Å²) < 4.78 is 33.6. The van der Waals surface area contributed by atoms with Crippen LogP contribution in [0.4, 0.5) is 8.78 Å². The highest BCUT2D eigenvalue weighted by Gasteiger charge is 2.24. The van der Waals surface area contributed by atoms with Crippen molar-refractivity contribution in [3.8, 4) is 0 Å². The summed E-state index contributed by atoms with van der Waals surface area (Å²) in [5.41, 5.74) is 1.48. The van der Waals surface area contributed by atoms with E-state index in [9.17, 15) is 18.4 Å². The molecule has 2 aromatic heterocycles. The van der Waals surface area contributed by atoms with Gasteiger partial charge in [-0.1, -0.05) is 23.8 Å². The van der Waals surface area contributed by atoms with Crippen molar-refractivity contribution in [3.05, 3.63) is 75.9 Å². The van der Waals surface area contributed by atoms with Crippen molar-refractivity contribution >= 4 is 27.9 Å². The number of para-hydroxylation sites is 2. The number of alkyl halides is 2. The minimum atomic E-state index is -2.82. The van der Waals surface area contributed by atoms with Crippen LogP contribution in [-0.4, -0.2) is 15.5 Å². The Morgan fingerprint density at radius 3 is 2.69 bits per heavy atom. The van der Waals surface area contributed by atoms with Gasteiger partial charge in [-0.15, -0.1) is 0 Å². The zero-order valence-electron chi connectivity index (χ0n) is 15.6. The van der Waals surface area contributed by atoms with Gasteiger partial charge in [0, 0.05) is 6.07 Å². The third kappa shape index (κ3) is 3.37. The van der Waals surface area contributed by atoms with Crippen molar-refractivity contribution in [2.75, 3.05) is 0 Å². The van der Waals surface area contributed by atoms with Gasteiger partial charge in [-0.25, -0.2) is 4.98 Å².